The van der Waals surface area contributed by atoms with Gasteiger partial charge in [-0.05, 0) is 12.1 Å². The fraction of sp³-hybridized carbons (Fsp3) is 0.429. The van der Waals surface area contributed by atoms with E-state index in [9.17, 15) is 9.59 Å². The zero-order valence-electron chi connectivity index (χ0n) is 11.8. The van der Waals surface area contributed by atoms with Gasteiger partial charge in [-0.1, -0.05) is 23.7 Å². The molecule has 116 valence electrons. The number of carbonyl (C=O) groups is 2. The fourth-order valence-electron chi connectivity index (χ4n) is 1.69. The van der Waals surface area contributed by atoms with Gasteiger partial charge in [-0.3, -0.25) is 9.59 Å². The lowest BCUT2D eigenvalue weighted by Crippen LogP contribution is -2.43. The first kappa shape index (κ1) is 17.4. The molecule has 0 saturated heterocycles. The Hall–Kier alpha value is -1.63. The number of carbonyl (C=O) groups excluding carboxylic acids is 2. The minimum absolute atomic E-state index is 0.145. The van der Waals surface area contributed by atoms with Crippen molar-refractivity contribution in [3.8, 4) is 0 Å². The van der Waals surface area contributed by atoms with Crippen molar-refractivity contribution in [2.45, 2.75) is 0 Å². The van der Waals surface area contributed by atoms with Crippen LogP contribution in [-0.2, 0) is 9.53 Å². The number of nitrogens with one attached hydrogen (secondary N) is 1. The van der Waals surface area contributed by atoms with Gasteiger partial charge < -0.3 is 20.1 Å². The highest BCUT2D eigenvalue weighted by Crippen LogP contribution is 2.14. The lowest BCUT2D eigenvalue weighted by atomic mass is 10.2. The van der Waals surface area contributed by atoms with Crippen molar-refractivity contribution in [2.75, 3.05) is 40.0 Å². The van der Waals surface area contributed by atoms with Gasteiger partial charge in [0, 0.05) is 20.2 Å². The maximum Gasteiger partial charge on any atom is 0.253 e. The number of nitrogens with zero attached hydrogens (tertiary/aromatic N) is 1. The van der Waals surface area contributed by atoms with Gasteiger partial charge in [0.15, 0.2) is 0 Å². The number of halogens is 1. The minimum Gasteiger partial charge on any atom is -0.395 e. The summed E-state index contributed by atoms with van der Waals surface area (Å²) in [4.78, 5) is 25.3. The average molecular weight is 315 g/mol. The van der Waals surface area contributed by atoms with E-state index in [1.807, 2.05) is 0 Å². The Morgan fingerprint density at radius 3 is 2.67 bits per heavy atom. The Balaban J connectivity index is 2.54. The normalized spacial score (nSPS) is 10.2. The number of benzene rings is 1. The van der Waals surface area contributed by atoms with Crippen LogP contribution in [0, 0.1) is 0 Å². The molecule has 7 heteroatoms. The second-order valence-corrected chi connectivity index (χ2v) is 4.67. The molecule has 0 unspecified atom stereocenters. The summed E-state index contributed by atoms with van der Waals surface area (Å²) < 4.78 is 4.90. The van der Waals surface area contributed by atoms with Gasteiger partial charge >= 0.3 is 0 Å². The van der Waals surface area contributed by atoms with Crippen LogP contribution in [0.4, 0.5) is 0 Å². The quantitative estimate of drug-likeness (QED) is 0.734. The zero-order chi connectivity index (χ0) is 15.7. The highest BCUT2D eigenvalue weighted by atomic mass is 35.5. The second kappa shape index (κ2) is 9.33. The van der Waals surface area contributed by atoms with Gasteiger partial charge in [-0.15, -0.1) is 0 Å². The van der Waals surface area contributed by atoms with Crippen LogP contribution < -0.4 is 5.32 Å². The van der Waals surface area contributed by atoms with E-state index in [2.05, 4.69) is 5.32 Å². The molecule has 6 nitrogen and oxygen atoms in total. The summed E-state index contributed by atoms with van der Waals surface area (Å²) in [6.07, 6.45) is 0. The number of aliphatic hydroxyl groups is 1. The number of ether oxygens (including phenoxy) is 1. The predicted octanol–water partition coefficient (Wildman–Crippen LogP) is 0.537. The molecular weight excluding hydrogens is 296 g/mol. The van der Waals surface area contributed by atoms with Crippen molar-refractivity contribution >= 4 is 23.4 Å². The van der Waals surface area contributed by atoms with E-state index in [0.29, 0.717) is 23.7 Å². The Morgan fingerprint density at radius 2 is 2.05 bits per heavy atom. The van der Waals surface area contributed by atoms with E-state index < -0.39 is 5.91 Å². The Labute approximate surface area is 128 Å². The number of hydrogen-bond acceptors (Lipinski definition) is 4. The molecule has 0 radical (unpaired) electrons. The number of hydrogen-bond donors (Lipinski definition) is 2. The molecule has 0 aliphatic carbocycles. The Bertz CT molecular complexity index is 482. The zero-order valence-corrected chi connectivity index (χ0v) is 12.6. The van der Waals surface area contributed by atoms with Crippen LogP contribution in [0.5, 0.6) is 0 Å². The van der Waals surface area contributed by atoms with Gasteiger partial charge in [-0.2, -0.15) is 0 Å². The SMILES string of the molecule is COCCN(CCO)C(=O)CNC(=O)c1ccccc1Cl. The van der Waals surface area contributed by atoms with Crippen LogP contribution in [0.3, 0.4) is 0 Å². The first-order chi connectivity index (χ1) is 10.1. The third-order valence-corrected chi connectivity index (χ3v) is 3.14. The van der Waals surface area contributed by atoms with Crippen molar-refractivity contribution in [1.82, 2.24) is 10.2 Å². The van der Waals surface area contributed by atoms with Gasteiger partial charge in [-0.25, -0.2) is 0 Å². The van der Waals surface area contributed by atoms with Crippen LogP contribution in [0.25, 0.3) is 0 Å². The number of rotatable bonds is 8. The molecule has 0 saturated carbocycles. The van der Waals surface area contributed by atoms with Crippen LogP contribution in [0.1, 0.15) is 10.4 Å². The first-order valence-corrected chi connectivity index (χ1v) is 6.88. The summed E-state index contributed by atoms with van der Waals surface area (Å²) in [5.41, 5.74) is 0.317. The molecule has 2 amide bonds. The maximum atomic E-state index is 12.0. The molecular formula is C14H19ClN2O4. The van der Waals surface area contributed by atoms with Crippen molar-refractivity contribution in [2.24, 2.45) is 0 Å². The molecule has 1 rings (SSSR count). The van der Waals surface area contributed by atoms with E-state index >= 15 is 0 Å². The molecule has 2 N–H and O–H groups in total. The van der Waals surface area contributed by atoms with E-state index in [0.717, 1.165) is 0 Å². The lowest BCUT2D eigenvalue weighted by molar-refractivity contribution is -0.131. The fourth-order valence-corrected chi connectivity index (χ4v) is 1.91. The molecule has 0 aliphatic heterocycles. The summed E-state index contributed by atoms with van der Waals surface area (Å²) in [5.74, 6) is -0.703. The molecule has 0 heterocycles. The molecule has 0 aromatic heterocycles. The predicted molar refractivity (Wildman–Crippen MR) is 79.3 cm³/mol. The molecule has 0 aliphatic rings. The van der Waals surface area contributed by atoms with Crippen LogP contribution in [0.2, 0.25) is 5.02 Å². The van der Waals surface area contributed by atoms with Crippen LogP contribution in [-0.4, -0.2) is 61.8 Å². The number of methoxy groups -OCH3 is 1. The molecule has 0 bridgehead atoms. The average Bonchev–Trinajstić information content (AvgIpc) is 2.49. The van der Waals surface area contributed by atoms with Crippen LogP contribution in [0.15, 0.2) is 24.3 Å². The number of aliphatic hydroxyl groups excluding tert-OH is 1. The Morgan fingerprint density at radius 1 is 1.33 bits per heavy atom. The van der Waals surface area contributed by atoms with E-state index in [1.54, 1.807) is 24.3 Å². The molecule has 21 heavy (non-hydrogen) atoms. The topological polar surface area (TPSA) is 78.9 Å². The van der Waals surface area contributed by atoms with Crippen molar-refractivity contribution < 1.29 is 19.4 Å². The van der Waals surface area contributed by atoms with Gasteiger partial charge in [0.05, 0.1) is 30.3 Å². The highest BCUT2D eigenvalue weighted by Gasteiger charge is 2.15. The van der Waals surface area contributed by atoms with Crippen LogP contribution >= 0.6 is 11.6 Å². The highest BCUT2D eigenvalue weighted by molar-refractivity contribution is 6.33. The summed E-state index contributed by atoms with van der Waals surface area (Å²) in [7, 11) is 1.53. The third-order valence-electron chi connectivity index (χ3n) is 2.81. The summed E-state index contributed by atoms with van der Waals surface area (Å²) >= 11 is 5.91. The monoisotopic (exact) mass is 314 g/mol. The van der Waals surface area contributed by atoms with Gasteiger partial charge in [0.25, 0.3) is 5.91 Å². The molecule has 0 atom stereocenters. The second-order valence-electron chi connectivity index (χ2n) is 4.26. The molecule has 1 aromatic rings. The Kier molecular flexibility index (Phi) is 7.74. The van der Waals surface area contributed by atoms with Gasteiger partial charge in [0.2, 0.25) is 5.91 Å². The van der Waals surface area contributed by atoms with E-state index in [4.69, 9.17) is 21.4 Å². The smallest absolute Gasteiger partial charge is 0.253 e. The lowest BCUT2D eigenvalue weighted by Gasteiger charge is -2.21. The summed E-state index contributed by atoms with van der Waals surface area (Å²) in [6, 6.07) is 6.60. The standard InChI is InChI=1S/C14H19ClN2O4/c1-21-9-7-17(6-8-18)13(19)10-16-14(20)11-4-2-3-5-12(11)15/h2-5,18H,6-10H2,1H3,(H,16,20). The van der Waals surface area contributed by atoms with Crippen molar-refractivity contribution in [3.05, 3.63) is 34.9 Å². The first-order valence-electron chi connectivity index (χ1n) is 6.50. The molecule has 1 aromatic carbocycles. The minimum atomic E-state index is -0.412. The van der Waals surface area contributed by atoms with Gasteiger partial charge in [0.1, 0.15) is 0 Å². The third kappa shape index (κ3) is 5.71. The number of amides is 2. The van der Waals surface area contributed by atoms with Crippen molar-refractivity contribution in [3.63, 3.8) is 0 Å². The van der Waals surface area contributed by atoms with E-state index in [1.165, 1.54) is 12.0 Å². The molecule has 0 fully saturated rings. The van der Waals surface area contributed by atoms with Crippen molar-refractivity contribution in [1.29, 1.82) is 0 Å². The molecule has 0 spiro atoms. The maximum absolute atomic E-state index is 12.0. The largest absolute Gasteiger partial charge is 0.395 e. The van der Waals surface area contributed by atoms with E-state index in [-0.39, 0.29) is 25.6 Å². The summed E-state index contributed by atoms with van der Waals surface area (Å²) in [5, 5.41) is 11.8. The summed E-state index contributed by atoms with van der Waals surface area (Å²) in [6.45, 7) is 0.619.